The van der Waals surface area contributed by atoms with Crippen molar-refractivity contribution in [2.24, 2.45) is 0 Å². The molecule has 0 amide bonds. The van der Waals surface area contributed by atoms with E-state index in [4.69, 9.17) is 4.74 Å². The van der Waals surface area contributed by atoms with Crippen LogP contribution in [0.2, 0.25) is 0 Å². The van der Waals surface area contributed by atoms with Crippen molar-refractivity contribution in [3.63, 3.8) is 0 Å². The van der Waals surface area contributed by atoms with Gasteiger partial charge < -0.3 is 4.74 Å². The molecule has 0 radical (unpaired) electrons. The number of pyridine rings is 1. The minimum atomic E-state index is -0.366. The molecule has 29 heavy (non-hydrogen) atoms. The molecule has 2 aromatic heterocycles. The number of carbonyl (C=O) groups is 2. The highest BCUT2D eigenvalue weighted by Crippen LogP contribution is 2.34. The average molecular weight is 491 g/mol. The minimum Gasteiger partial charge on any atom is -0.466 e. The number of aromatic nitrogens is 1. The van der Waals surface area contributed by atoms with Gasteiger partial charge in [0.15, 0.2) is 12.4 Å². The average Bonchev–Trinajstić information content (AvgIpc) is 2.97. The monoisotopic (exact) mass is 490 g/mol. The van der Waals surface area contributed by atoms with Crippen LogP contribution in [-0.4, -0.2) is 18.4 Å². The van der Waals surface area contributed by atoms with Crippen LogP contribution in [0.5, 0.6) is 0 Å². The predicted octanol–water partition coefficient (Wildman–Crippen LogP) is 5.03. The summed E-state index contributed by atoms with van der Waals surface area (Å²) in [6, 6.07) is 9.25. The molecule has 0 bridgehead atoms. The van der Waals surface area contributed by atoms with Gasteiger partial charge in [-0.15, -0.1) is 24.0 Å². The van der Waals surface area contributed by atoms with E-state index in [2.05, 4.69) is 34.6 Å². The SMILES string of the molecule is CCOC(=O)Cc1c(C(=O)c2ccc(Br)cc2)sc(S)c1-[n+]1cc(C)cc(C)c1. The van der Waals surface area contributed by atoms with Gasteiger partial charge in [-0.05, 0) is 51.1 Å². The molecule has 3 rings (SSSR count). The van der Waals surface area contributed by atoms with Crippen molar-refractivity contribution in [3.05, 3.63) is 74.3 Å². The Bertz CT molecular complexity index is 1050. The summed E-state index contributed by atoms with van der Waals surface area (Å²) < 4.78 is 8.68. The molecule has 7 heteroatoms. The van der Waals surface area contributed by atoms with Gasteiger partial charge in [0.1, 0.15) is 4.21 Å². The van der Waals surface area contributed by atoms with Crippen LogP contribution in [0, 0.1) is 13.8 Å². The number of thiophene rings is 1. The van der Waals surface area contributed by atoms with E-state index in [1.165, 1.54) is 11.3 Å². The van der Waals surface area contributed by atoms with Crippen molar-refractivity contribution < 1.29 is 18.9 Å². The molecular weight excluding hydrogens is 470 g/mol. The molecule has 3 aromatic rings. The van der Waals surface area contributed by atoms with Crippen molar-refractivity contribution in [3.8, 4) is 5.69 Å². The Morgan fingerprint density at radius 1 is 1.14 bits per heavy atom. The number of esters is 1. The van der Waals surface area contributed by atoms with Crippen LogP contribution in [0.3, 0.4) is 0 Å². The zero-order valence-electron chi connectivity index (χ0n) is 16.4. The van der Waals surface area contributed by atoms with Crippen molar-refractivity contribution in [2.45, 2.75) is 31.4 Å². The lowest BCUT2D eigenvalue weighted by atomic mass is 10.0. The van der Waals surface area contributed by atoms with E-state index in [0.29, 0.717) is 26.8 Å². The van der Waals surface area contributed by atoms with Crippen molar-refractivity contribution in [2.75, 3.05) is 6.61 Å². The van der Waals surface area contributed by atoms with E-state index >= 15 is 0 Å². The van der Waals surface area contributed by atoms with Crippen LogP contribution < -0.4 is 4.57 Å². The highest BCUT2D eigenvalue weighted by molar-refractivity contribution is 9.10. The molecule has 4 nitrogen and oxygen atoms in total. The van der Waals surface area contributed by atoms with E-state index in [1.807, 2.05) is 42.9 Å². The number of nitrogens with zero attached hydrogens (tertiary/aromatic N) is 1. The summed E-state index contributed by atoms with van der Waals surface area (Å²) in [6.45, 7) is 6.07. The quantitative estimate of drug-likeness (QED) is 0.228. The molecule has 1 aromatic carbocycles. The Balaban J connectivity index is 2.16. The second-order valence-electron chi connectivity index (χ2n) is 6.68. The molecule has 2 heterocycles. The van der Waals surface area contributed by atoms with Gasteiger partial charge in [-0.3, -0.25) is 9.59 Å². The highest BCUT2D eigenvalue weighted by Gasteiger charge is 2.30. The van der Waals surface area contributed by atoms with Crippen LogP contribution in [-0.2, 0) is 16.0 Å². The van der Waals surface area contributed by atoms with E-state index in [9.17, 15) is 9.59 Å². The second kappa shape index (κ2) is 9.24. The van der Waals surface area contributed by atoms with Crippen LogP contribution >= 0.6 is 39.9 Å². The third kappa shape index (κ3) is 4.97. The fraction of sp³-hybridized carbons (Fsp3) is 0.227. The summed E-state index contributed by atoms with van der Waals surface area (Å²) >= 11 is 9.33. The van der Waals surface area contributed by atoms with Crippen LogP contribution in [0.25, 0.3) is 5.69 Å². The van der Waals surface area contributed by atoms with E-state index in [0.717, 1.165) is 21.3 Å². The molecule has 0 saturated heterocycles. The van der Waals surface area contributed by atoms with E-state index in [-0.39, 0.29) is 18.2 Å². The standard InChI is InChI=1S/C22H20BrNO3S2/c1-4-27-18(25)10-17-19(24-11-13(2)9-14(3)12-24)22(28)29-21(17)20(26)15-5-7-16(23)8-6-15/h5-9,11-12H,4,10H2,1-3H3/p+1. The first-order valence-corrected chi connectivity index (χ1v) is 11.2. The molecule has 150 valence electrons. The zero-order chi connectivity index (χ0) is 21.1. The minimum absolute atomic E-state index is 0.0117. The number of aryl methyl sites for hydroxylation is 2. The first kappa shape index (κ1) is 21.7. The predicted molar refractivity (Wildman–Crippen MR) is 120 cm³/mol. The number of ether oxygens (including phenoxy) is 1. The lowest BCUT2D eigenvalue weighted by molar-refractivity contribution is -0.598. The number of halogens is 1. The summed E-state index contributed by atoms with van der Waals surface area (Å²) in [6.07, 6.45) is 3.95. The molecule has 0 N–H and O–H groups in total. The summed E-state index contributed by atoms with van der Waals surface area (Å²) in [5.41, 5.74) is 4.10. The van der Waals surface area contributed by atoms with E-state index in [1.54, 1.807) is 19.1 Å². The first-order chi connectivity index (χ1) is 13.8. The second-order valence-corrected chi connectivity index (χ2v) is 9.37. The normalized spacial score (nSPS) is 10.8. The number of hydrogen-bond acceptors (Lipinski definition) is 5. The van der Waals surface area contributed by atoms with Crippen molar-refractivity contribution in [1.29, 1.82) is 0 Å². The Hall–Kier alpha value is -1.96. The maximum absolute atomic E-state index is 13.2. The zero-order valence-corrected chi connectivity index (χ0v) is 19.7. The number of ketones is 1. The maximum Gasteiger partial charge on any atom is 0.310 e. The Morgan fingerprint density at radius 2 is 1.76 bits per heavy atom. The molecular formula is C22H21BrNO3S2+. The number of hydrogen-bond donors (Lipinski definition) is 1. The number of thiol groups is 1. The van der Waals surface area contributed by atoms with Crippen LogP contribution in [0.4, 0.5) is 0 Å². The number of rotatable bonds is 6. The van der Waals surface area contributed by atoms with Gasteiger partial charge >= 0.3 is 5.97 Å². The largest absolute Gasteiger partial charge is 0.466 e. The molecule has 0 aliphatic rings. The van der Waals surface area contributed by atoms with Gasteiger partial charge in [-0.1, -0.05) is 15.9 Å². The molecule has 0 fully saturated rings. The van der Waals surface area contributed by atoms with Crippen LogP contribution in [0.1, 0.15) is 38.8 Å². The molecule has 0 aliphatic heterocycles. The third-order valence-electron chi connectivity index (χ3n) is 4.30. The summed E-state index contributed by atoms with van der Waals surface area (Å²) in [7, 11) is 0. The summed E-state index contributed by atoms with van der Waals surface area (Å²) in [5, 5.41) is 0. The van der Waals surface area contributed by atoms with Gasteiger partial charge in [0.25, 0.3) is 0 Å². The van der Waals surface area contributed by atoms with Gasteiger partial charge in [-0.25, -0.2) is 0 Å². The molecule has 0 unspecified atom stereocenters. The third-order valence-corrected chi connectivity index (χ3v) is 6.34. The topological polar surface area (TPSA) is 47.3 Å². The van der Waals surface area contributed by atoms with E-state index < -0.39 is 0 Å². The summed E-state index contributed by atoms with van der Waals surface area (Å²) in [5.74, 6) is -0.497. The van der Waals surface area contributed by atoms with Gasteiger partial charge in [-0.2, -0.15) is 4.57 Å². The number of benzene rings is 1. The van der Waals surface area contributed by atoms with Gasteiger partial charge in [0.2, 0.25) is 11.5 Å². The summed E-state index contributed by atoms with van der Waals surface area (Å²) in [4.78, 5) is 26.1. The fourth-order valence-electron chi connectivity index (χ4n) is 3.18. The maximum atomic E-state index is 13.2. The van der Waals surface area contributed by atoms with Crippen LogP contribution in [0.15, 0.2) is 51.4 Å². The molecule has 0 spiro atoms. The molecule has 0 saturated carbocycles. The Kier molecular flexibility index (Phi) is 6.93. The lowest BCUT2D eigenvalue weighted by Gasteiger charge is -2.06. The van der Waals surface area contributed by atoms with Gasteiger partial charge in [0, 0.05) is 21.2 Å². The highest BCUT2D eigenvalue weighted by atomic mass is 79.9. The Morgan fingerprint density at radius 3 is 2.34 bits per heavy atom. The Labute approximate surface area is 188 Å². The first-order valence-electron chi connectivity index (χ1n) is 9.10. The smallest absolute Gasteiger partial charge is 0.310 e. The molecule has 0 atom stereocenters. The number of carbonyl (C=O) groups excluding carboxylic acids is 2. The van der Waals surface area contributed by atoms with Gasteiger partial charge in [0.05, 0.1) is 23.5 Å². The van der Waals surface area contributed by atoms with Crippen molar-refractivity contribution >= 4 is 51.6 Å². The van der Waals surface area contributed by atoms with Crippen molar-refractivity contribution in [1.82, 2.24) is 0 Å². The fourth-order valence-corrected chi connectivity index (χ4v) is 4.99. The lowest BCUT2D eigenvalue weighted by Crippen LogP contribution is -2.32. The molecule has 0 aliphatic carbocycles.